The number of nitriles is 1. The van der Waals surface area contributed by atoms with Gasteiger partial charge in [0, 0.05) is 0 Å². The number of rotatable bonds is 3. The molecule has 1 heterocycles. The number of carbonyl (C=O) groups excluding carboxylic acids is 1. The molecule has 0 radical (unpaired) electrons. The summed E-state index contributed by atoms with van der Waals surface area (Å²) in [5.74, 6) is -0.663. The maximum atomic E-state index is 12.6. The first kappa shape index (κ1) is 10.6. The van der Waals surface area contributed by atoms with E-state index in [1.165, 1.54) is 12.1 Å². The van der Waals surface area contributed by atoms with Crippen molar-refractivity contribution in [1.82, 2.24) is 10.3 Å². The van der Waals surface area contributed by atoms with Crippen LogP contribution < -0.4 is 5.32 Å². The molecule has 0 aromatic carbocycles. The molecule has 82 valence electrons. The number of amides is 1. The lowest BCUT2D eigenvalue weighted by Gasteiger charge is -2.09. The maximum Gasteiger partial charge on any atom is 0.270 e. The fourth-order valence-corrected chi connectivity index (χ4v) is 1.41. The third-order valence-electron chi connectivity index (χ3n) is 2.48. The van der Waals surface area contributed by atoms with Crippen LogP contribution in [0.15, 0.2) is 18.3 Å². The predicted molar refractivity (Wildman–Crippen MR) is 53.8 cm³/mol. The number of hydrogen-bond acceptors (Lipinski definition) is 3. The largest absolute Gasteiger partial charge is 0.335 e. The molecule has 2 rings (SSSR count). The number of nitrogens with one attached hydrogen (secondary N) is 1. The summed E-state index contributed by atoms with van der Waals surface area (Å²) < 4.78 is 12.6. The summed E-state index contributed by atoms with van der Waals surface area (Å²) in [6, 6.07) is 4.05. The summed E-state index contributed by atoms with van der Waals surface area (Å²) in [5.41, 5.74) is 0.127. The van der Waals surface area contributed by atoms with E-state index in [2.05, 4.69) is 10.3 Å². The molecule has 1 amide bonds. The lowest BCUT2D eigenvalue weighted by molar-refractivity contribution is 0.0937. The SMILES string of the molecule is N#CC(NC(=O)c1ccc(F)cn1)C1CC1. The van der Waals surface area contributed by atoms with E-state index in [0.717, 1.165) is 19.0 Å². The van der Waals surface area contributed by atoms with Gasteiger partial charge in [-0.2, -0.15) is 5.26 Å². The zero-order chi connectivity index (χ0) is 11.5. The van der Waals surface area contributed by atoms with E-state index in [4.69, 9.17) is 5.26 Å². The van der Waals surface area contributed by atoms with Crippen LogP contribution >= 0.6 is 0 Å². The van der Waals surface area contributed by atoms with E-state index in [9.17, 15) is 9.18 Å². The first-order chi connectivity index (χ1) is 7.70. The highest BCUT2D eigenvalue weighted by Crippen LogP contribution is 2.32. The number of nitrogens with zero attached hydrogens (tertiary/aromatic N) is 2. The van der Waals surface area contributed by atoms with Crippen LogP contribution in [0.3, 0.4) is 0 Å². The van der Waals surface area contributed by atoms with Gasteiger partial charge in [-0.1, -0.05) is 0 Å². The number of carbonyl (C=O) groups is 1. The number of aromatic nitrogens is 1. The van der Waals surface area contributed by atoms with Gasteiger partial charge in [-0.15, -0.1) is 0 Å². The lowest BCUT2D eigenvalue weighted by Crippen LogP contribution is -2.35. The average molecular weight is 219 g/mol. The van der Waals surface area contributed by atoms with Crippen LogP contribution in [0.2, 0.25) is 0 Å². The Morgan fingerprint density at radius 1 is 1.62 bits per heavy atom. The van der Waals surface area contributed by atoms with Crippen molar-refractivity contribution in [3.8, 4) is 6.07 Å². The standard InChI is InChI=1S/C11H10FN3O/c12-8-3-4-9(14-6-8)11(16)15-10(5-13)7-1-2-7/h3-4,6-7,10H,1-2H2,(H,15,16). The van der Waals surface area contributed by atoms with Crippen molar-refractivity contribution in [2.24, 2.45) is 5.92 Å². The van der Waals surface area contributed by atoms with Crippen molar-refractivity contribution in [3.63, 3.8) is 0 Å². The van der Waals surface area contributed by atoms with E-state index in [-0.39, 0.29) is 11.6 Å². The topological polar surface area (TPSA) is 65.8 Å². The minimum atomic E-state index is -0.490. The molecule has 1 fully saturated rings. The van der Waals surface area contributed by atoms with Crippen LogP contribution in [0.25, 0.3) is 0 Å². The molecule has 1 saturated carbocycles. The Bertz CT molecular complexity index is 434. The van der Waals surface area contributed by atoms with Crippen molar-refractivity contribution >= 4 is 5.91 Å². The molecular formula is C11H10FN3O. The quantitative estimate of drug-likeness (QED) is 0.832. The van der Waals surface area contributed by atoms with Gasteiger partial charge in [-0.25, -0.2) is 9.37 Å². The van der Waals surface area contributed by atoms with Gasteiger partial charge < -0.3 is 5.32 Å². The summed E-state index contributed by atoms with van der Waals surface area (Å²) in [4.78, 5) is 15.3. The molecule has 5 heteroatoms. The summed E-state index contributed by atoms with van der Waals surface area (Å²) >= 11 is 0. The molecule has 0 aliphatic heterocycles. The number of pyridine rings is 1. The second-order valence-corrected chi connectivity index (χ2v) is 3.78. The second kappa shape index (κ2) is 4.27. The fourth-order valence-electron chi connectivity index (χ4n) is 1.41. The van der Waals surface area contributed by atoms with Crippen LogP contribution in [-0.4, -0.2) is 16.9 Å². The normalized spacial score (nSPS) is 16.2. The van der Waals surface area contributed by atoms with Gasteiger partial charge in [0.15, 0.2) is 0 Å². The van der Waals surface area contributed by atoms with Crippen molar-refractivity contribution in [3.05, 3.63) is 29.8 Å². The Balaban J connectivity index is 2.02. The lowest BCUT2D eigenvalue weighted by atomic mass is 10.2. The molecule has 16 heavy (non-hydrogen) atoms. The van der Waals surface area contributed by atoms with E-state index >= 15 is 0 Å². The van der Waals surface area contributed by atoms with Crippen molar-refractivity contribution in [2.75, 3.05) is 0 Å². The molecule has 1 unspecified atom stereocenters. The van der Waals surface area contributed by atoms with Crippen LogP contribution in [0.5, 0.6) is 0 Å². The molecule has 1 aliphatic rings. The van der Waals surface area contributed by atoms with Crippen molar-refractivity contribution in [2.45, 2.75) is 18.9 Å². The van der Waals surface area contributed by atoms with Gasteiger partial charge in [-0.05, 0) is 30.9 Å². The Morgan fingerprint density at radius 3 is 2.88 bits per heavy atom. The summed E-state index contributed by atoms with van der Waals surface area (Å²) in [7, 11) is 0. The van der Waals surface area contributed by atoms with Gasteiger partial charge in [0.2, 0.25) is 0 Å². The molecule has 4 nitrogen and oxygen atoms in total. The average Bonchev–Trinajstić information content (AvgIpc) is 3.10. The Labute approximate surface area is 92.1 Å². The Hall–Kier alpha value is -1.96. The highest BCUT2D eigenvalue weighted by Gasteiger charge is 2.32. The molecule has 0 saturated heterocycles. The zero-order valence-electron chi connectivity index (χ0n) is 8.48. The van der Waals surface area contributed by atoms with Crippen LogP contribution in [0.1, 0.15) is 23.3 Å². The predicted octanol–water partition coefficient (Wildman–Crippen LogP) is 1.25. The first-order valence-electron chi connectivity index (χ1n) is 5.03. The zero-order valence-corrected chi connectivity index (χ0v) is 8.48. The molecule has 1 atom stereocenters. The van der Waals surface area contributed by atoms with E-state index in [0.29, 0.717) is 0 Å². The third kappa shape index (κ3) is 2.34. The van der Waals surface area contributed by atoms with E-state index in [1.807, 2.05) is 6.07 Å². The molecular weight excluding hydrogens is 209 g/mol. The molecule has 0 bridgehead atoms. The van der Waals surface area contributed by atoms with Gasteiger partial charge in [0.1, 0.15) is 17.6 Å². The minimum Gasteiger partial charge on any atom is -0.335 e. The van der Waals surface area contributed by atoms with E-state index < -0.39 is 17.8 Å². The van der Waals surface area contributed by atoms with Gasteiger partial charge in [-0.3, -0.25) is 4.79 Å². The van der Waals surface area contributed by atoms with Crippen LogP contribution in [0.4, 0.5) is 4.39 Å². The molecule has 1 aromatic rings. The fraction of sp³-hybridized carbons (Fsp3) is 0.364. The smallest absolute Gasteiger partial charge is 0.270 e. The minimum absolute atomic E-state index is 0.127. The molecule has 0 spiro atoms. The summed E-state index contributed by atoms with van der Waals surface area (Å²) in [5, 5.41) is 11.4. The molecule has 1 N–H and O–H groups in total. The molecule has 1 aliphatic carbocycles. The third-order valence-corrected chi connectivity index (χ3v) is 2.48. The van der Waals surface area contributed by atoms with Crippen molar-refractivity contribution < 1.29 is 9.18 Å². The van der Waals surface area contributed by atoms with Gasteiger partial charge in [0.25, 0.3) is 5.91 Å². The summed E-state index contributed by atoms with van der Waals surface area (Å²) in [6.45, 7) is 0. The number of hydrogen-bond donors (Lipinski definition) is 1. The second-order valence-electron chi connectivity index (χ2n) is 3.78. The van der Waals surface area contributed by atoms with Gasteiger partial charge in [0.05, 0.1) is 12.3 Å². The van der Waals surface area contributed by atoms with Crippen LogP contribution in [0, 0.1) is 23.1 Å². The highest BCUT2D eigenvalue weighted by molar-refractivity contribution is 5.92. The maximum absolute atomic E-state index is 12.6. The van der Waals surface area contributed by atoms with E-state index in [1.54, 1.807) is 0 Å². The highest BCUT2D eigenvalue weighted by atomic mass is 19.1. The monoisotopic (exact) mass is 219 g/mol. The summed E-state index contributed by atoms with van der Waals surface area (Å²) in [6.07, 6.45) is 2.91. The Morgan fingerprint density at radius 2 is 2.38 bits per heavy atom. The molecule has 1 aromatic heterocycles. The Kier molecular flexibility index (Phi) is 2.82. The van der Waals surface area contributed by atoms with Gasteiger partial charge >= 0.3 is 0 Å². The van der Waals surface area contributed by atoms with Crippen molar-refractivity contribution in [1.29, 1.82) is 5.26 Å². The first-order valence-corrected chi connectivity index (χ1v) is 5.03. The number of halogens is 1. The van der Waals surface area contributed by atoms with Crippen LogP contribution in [-0.2, 0) is 0 Å².